The molecule has 3 aromatic rings. The van der Waals surface area contributed by atoms with Crippen LogP contribution in [0.1, 0.15) is 57.6 Å². The van der Waals surface area contributed by atoms with Crippen LogP contribution >= 0.6 is 34.4 Å². The van der Waals surface area contributed by atoms with Crippen LogP contribution in [0.5, 0.6) is 0 Å². The van der Waals surface area contributed by atoms with E-state index in [1.165, 1.54) is 5.56 Å². The number of nitrogens with one attached hydrogen (secondary N) is 1. The van der Waals surface area contributed by atoms with Gasteiger partial charge in [-0.15, -0.1) is 5.10 Å². The third-order valence-corrected chi connectivity index (χ3v) is 9.33. The van der Waals surface area contributed by atoms with E-state index in [0.29, 0.717) is 17.9 Å². The highest BCUT2D eigenvalue weighted by atomic mass is 127. The molecule has 3 aliphatic rings. The van der Waals surface area contributed by atoms with Crippen molar-refractivity contribution >= 4 is 51.3 Å². The molecular formula is C25H31IN6O2S. The Kier molecular flexibility index (Phi) is 6.43. The van der Waals surface area contributed by atoms with Gasteiger partial charge >= 0.3 is 0 Å². The maximum Gasteiger partial charge on any atom is 0.191 e. The molecule has 6 atom stereocenters. The molecule has 35 heavy (non-hydrogen) atoms. The standard InChI is InChI=1S/C25H31IN6O2S/c1-4-10-35-24-28-22(27-17-12-16(17)14-8-6-5-7-9-14)19-23(29-24)32(31-30-19)18-11-15(13-26)20-21(18)34-25(2,3)33-20/h5-9,15-18,20-21H,4,10-13H2,1-3H3,(H,27,28,29)/t15-,16-,17-,18-,20-,21+/m0/s1. The van der Waals surface area contributed by atoms with Gasteiger partial charge in [-0.05, 0) is 44.6 Å². The average Bonchev–Trinajstić information content (AvgIpc) is 3.18. The van der Waals surface area contributed by atoms with Gasteiger partial charge in [-0.3, -0.25) is 0 Å². The summed E-state index contributed by atoms with van der Waals surface area (Å²) in [5, 5.41) is 13.6. The van der Waals surface area contributed by atoms with Crippen molar-refractivity contribution in [3.63, 3.8) is 0 Å². The van der Waals surface area contributed by atoms with Gasteiger partial charge in [0.05, 0.1) is 12.1 Å². The summed E-state index contributed by atoms with van der Waals surface area (Å²) in [4.78, 5) is 9.81. The van der Waals surface area contributed by atoms with Crippen LogP contribution in [0.25, 0.3) is 11.2 Å². The van der Waals surface area contributed by atoms with Gasteiger partial charge < -0.3 is 14.8 Å². The molecule has 0 bridgehead atoms. The topological polar surface area (TPSA) is 87.0 Å². The molecular weight excluding hydrogens is 575 g/mol. The molecule has 186 valence electrons. The first-order valence-electron chi connectivity index (χ1n) is 12.5. The molecule has 1 aromatic carbocycles. The third-order valence-electron chi connectivity index (χ3n) is 7.14. The number of thioether (sulfide) groups is 1. The Labute approximate surface area is 223 Å². The maximum atomic E-state index is 6.37. The number of hydrogen-bond donors (Lipinski definition) is 1. The average molecular weight is 607 g/mol. The lowest BCUT2D eigenvalue weighted by Crippen LogP contribution is -2.28. The van der Waals surface area contributed by atoms with Gasteiger partial charge in [-0.2, -0.15) is 0 Å². The molecule has 8 nitrogen and oxygen atoms in total. The smallest absolute Gasteiger partial charge is 0.191 e. The summed E-state index contributed by atoms with van der Waals surface area (Å²) in [6.07, 6.45) is 3.10. The van der Waals surface area contributed by atoms with Crippen LogP contribution in [0.15, 0.2) is 35.5 Å². The molecule has 6 rings (SSSR count). The monoisotopic (exact) mass is 606 g/mol. The highest BCUT2D eigenvalue weighted by Gasteiger charge is 2.55. The van der Waals surface area contributed by atoms with Gasteiger partial charge in [0, 0.05) is 22.1 Å². The molecule has 1 aliphatic heterocycles. The Bertz CT molecular complexity index is 1210. The van der Waals surface area contributed by atoms with Crippen LogP contribution in [0.4, 0.5) is 5.82 Å². The van der Waals surface area contributed by atoms with Crippen molar-refractivity contribution in [3.05, 3.63) is 35.9 Å². The normalized spacial score (nSPS) is 31.1. The van der Waals surface area contributed by atoms with E-state index >= 15 is 0 Å². The fraction of sp³-hybridized carbons (Fsp3) is 0.600. The highest BCUT2D eigenvalue weighted by molar-refractivity contribution is 14.1. The molecule has 2 aromatic heterocycles. The lowest BCUT2D eigenvalue weighted by atomic mass is 10.1. The molecule has 10 heteroatoms. The second-order valence-electron chi connectivity index (χ2n) is 10.2. The summed E-state index contributed by atoms with van der Waals surface area (Å²) in [6.45, 7) is 6.16. The second-order valence-corrected chi connectivity index (χ2v) is 12.1. The van der Waals surface area contributed by atoms with Gasteiger partial charge in [-0.25, -0.2) is 14.6 Å². The van der Waals surface area contributed by atoms with Gasteiger partial charge in [0.1, 0.15) is 6.10 Å². The van der Waals surface area contributed by atoms with Crippen molar-refractivity contribution in [3.8, 4) is 0 Å². The predicted octanol–water partition coefficient (Wildman–Crippen LogP) is 5.21. The van der Waals surface area contributed by atoms with E-state index in [0.717, 1.165) is 51.6 Å². The van der Waals surface area contributed by atoms with Crippen LogP contribution < -0.4 is 5.32 Å². The lowest BCUT2D eigenvalue weighted by molar-refractivity contribution is -0.159. The SMILES string of the molecule is CCCSc1nc(N[C@H]2C[C@H]2c2ccccc2)c2nnn([C@H]3C[C@@H](CI)[C@@H]4OC(C)(C)O[C@@H]43)c2n1. The van der Waals surface area contributed by atoms with E-state index < -0.39 is 5.79 Å². The number of ether oxygens (including phenoxy) is 2. The molecule has 1 N–H and O–H groups in total. The quantitative estimate of drug-likeness (QED) is 0.162. The minimum absolute atomic E-state index is 0.0382. The molecule has 0 unspecified atom stereocenters. The predicted molar refractivity (Wildman–Crippen MR) is 145 cm³/mol. The third kappa shape index (κ3) is 4.55. The van der Waals surface area contributed by atoms with Crippen LogP contribution in [0.3, 0.4) is 0 Å². The van der Waals surface area contributed by atoms with E-state index in [2.05, 4.69) is 75.5 Å². The minimum atomic E-state index is -0.587. The van der Waals surface area contributed by atoms with Gasteiger partial charge in [0.25, 0.3) is 0 Å². The zero-order valence-corrected chi connectivity index (χ0v) is 23.2. The van der Waals surface area contributed by atoms with E-state index in [9.17, 15) is 0 Å². The first kappa shape index (κ1) is 23.9. The molecule has 0 amide bonds. The molecule has 0 radical (unpaired) electrons. The zero-order chi connectivity index (χ0) is 24.2. The summed E-state index contributed by atoms with van der Waals surface area (Å²) in [5.41, 5.74) is 2.88. The van der Waals surface area contributed by atoms with Crippen molar-refractivity contribution in [1.82, 2.24) is 25.0 Å². The molecule has 1 saturated heterocycles. The summed E-state index contributed by atoms with van der Waals surface area (Å²) in [5.74, 6) is 2.08. The van der Waals surface area contributed by atoms with Gasteiger partial charge in [0.2, 0.25) is 0 Å². The summed E-state index contributed by atoms with van der Waals surface area (Å²) in [7, 11) is 0. The fourth-order valence-corrected chi connectivity index (χ4v) is 6.99. The van der Waals surface area contributed by atoms with E-state index in [1.807, 2.05) is 18.5 Å². The number of fused-ring (bicyclic) bond motifs is 2. The summed E-state index contributed by atoms with van der Waals surface area (Å²) >= 11 is 4.14. The number of nitrogens with zero attached hydrogens (tertiary/aromatic N) is 5. The molecule has 3 heterocycles. The number of aromatic nitrogens is 5. The number of rotatable bonds is 8. The zero-order valence-electron chi connectivity index (χ0n) is 20.2. The van der Waals surface area contributed by atoms with Crippen molar-refractivity contribution in [2.75, 3.05) is 15.5 Å². The molecule has 2 saturated carbocycles. The number of hydrogen-bond acceptors (Lipinski definition) is 8. The van der Waals surface area contributed by atoms with Crippen LogP contribution in [-0.2, 0) is 9.47 Å². The van der Waals surface area contributed by atoms with Crippen molar-refractivity contribution in [2.45, 2.75) is 81.2 Å². The van der Waals surface area contributed by atoms with Gasteiger partial charge in [0.15, 0.2) is 27.9 Å². The number of benzene rings is 1. The number of alkyl halides is 1. The Morgan fingerprint density at radius 1 is 1.14 bits per heavy atom. The van der Waals surface area contributed by atoms with Crippen LogP contribution in [-0.4, -0.2) is 59.2 Å². The molecule has 0 spiro atoms. The van der Waals surface area contributed by atoms with Crippen molar-refractivity contribution in [1.29, 1.82) is 0 Å². The Morgan fingerprint density at radius 2 is 1.94 bits per heavy atom. The van der Waals surface area contributed by atoms with Gasteiger partial charge in [-0.1, -0.05) is 76.8 Å². The molecule has 3 fully saturated rings. The number of anilines is 1. The number of halogens is 1. The fourth-order valence-electron chi connectivity index (χ4n) is 5.44. The second kappa shape index (κ2) is 9.42. The first-order valence-corrected chi connectivity index (χ1v) is 15.0. The lowest BCUT2D eigenvalue weighted by Gasteiger charge is -2.23. The Hall–Kier alpha value is -1.50. The Balaban J connectivity index is 1.33. The van der Waals surface area contributed by atoms with Crippen LogP contribution in [0.2, 0.25) is 0 Å². The van der Waals surface area contributed by atoms with Crippen LogP contribution in [0, 0.1) is 5.92 Å². The molecule has 2 aliphatic carbocycles. The van der Waals surface area contributed by atoms with E-state index in [1.54, 1.807) is 11.8 Å². The Morgan fingerprint density at radius 3 is 2.71 bits per heavy atom. The maximum absolute atomic E-state index is 6.37. The minimum Gasteiger partial charge on any atom is -0.365 e. The highest BCUT2D eigenvalue weighted by Crippen LogP contribution is 2.48. The van der Waals surface area contributed by atoms with Crippen molar-refractivity contribution in [2.24, 2.45) is 5.92 Å². The summed E-state index contributed by atoms with van der Waals surface area (Å²) < 4.78 is 15.7. The largest absolute Gasteiger partial charge is 0.365 e. The van der Waals surface area contributed by atoms with E-state index in [4.69, 9.17) is 19.4 Å². The summed E-state index contributed by atoms with van der Waals surface area (Å²) in [6, 6.07) is 11.1. The first-order chi connectivity index (χ1) is 17.0. The van der Waals surface area contributed by atoms with E-state index in [-0.39, 0.29) is 18.2 Å². The van der Waals surface area contributed by atoms with Crippen molar-refractivity contribution < 1.29 is 9.47 Å².